The summed E-state index contributed by atoms with van der Waals surface area (Å²) in [5, 5.41) is 0. The van der Waals surface area contributed by atoms with Crippen LogP contribution in [0.1, 0.15) is 19.8 Å². The molecule has 1 saturated heterocycles. The molecule has 1 unspecified atom stereocenters. The predicted molar refractivity (Wildman–Crippen MR) is 37.1 cm³/mol. The summed E-state index contributed by atoms with van der Waals surface area (Å²) in [7, 11) is 0. The van der Waals surface area contributed by atoms with Crippen LogP contribution in [0.2, 0.25) is 0 Å². The Morgan fingerprint density at radius 2 is 2.44 bits per heavy atom. The second-order valence-electron chi connectivity index (χ2n) is 3.07. The van der Waals surface area contributed by atoms with Crippen molar-refractivity contribution in [1.29, 1.82) is 0 Å². The van der Waals surface area contributed by atoms with Crippen LogP contribution in [0.3, 0.4) is 0 Å². The van der Waals surface area contributed by atoms with Crippen LogP contribution >= 0.6 is 0 Å². The number of hydrogen-bond donors (Lipinski definition) is 2. The van der Waals surface area contributed by atoms with Gasteiger partial charge in [0.1, 0.15) is 12.6 Å². The molecule has 0 aromatic carbocycles. The highest BCUT2D eigenvalue weighted by molar-refractivity contribution is 4.55. The van der Waals surface area contributed by atoms with Gasteiger partial charge < -0.3 is 10.6 Å². The van der Waals surface area contributed by atoms with E-state index in [4.69, 9.17) is 0 Å². The molecule has 1 fully saturated rings. The molecular weight excluding hydrogens is 112 g/mol. The van der Waals surface area contributed by atoms with Crippen molar-refractivity contribution in [3.63, 3.8) is 0 Å². The Morgan fingerprint density at radius 3 is 2.89 bits per heavy atom. The summed E-state index contributed by atoms with van der Waals surface area (Å²) in [6, 6.07) is 0.730. The first kappa shape index (κ1) is 7.03. The van der Waals surface area contributed by atoms with E-state index in [1.54, 1.807) is 4.90 Å². The summed E-state index contributed by atoms with van der Waals surface area (Å²) < 4.78 is 0. The molecule has 2 heteroatoms. The monoisotopic (exact) mass is 130 g/mol. The molecule has 2 nitrogen and oxygen atoms in total. The molecule has 1 aliphatic rings. The van der Waals surface area contributed by atoms with Crippen LogP contribution in [0, 0.1) is 0 Å². The second kappa shape index (κ2) is 3.18. The molecular formula is C7H18N2+2. The average Bonchev–Trinajstić information content (AvgIpc) is 1.88. The molecule has 1 rings (SSSR count). The molecule has 0 bridgehead atoms. The van der Waals surface area contributed by atoms with Crippen LogP contribution in [-0.2, 0) is 0 Å². The maximum Gasteiger partial charge on any atom is 0.134 e. The van der Waals surface area contributed by atoms with Crippen molar-refractivity contribution in [2.45, 2.75) is 25.8 Å². The Balaban J connectivity index is 2.23. The number of piperidine rings is 1. The Bertz CT molecular complexity index is 83.0. The molecule has 0 aliphatic carbocycles. The standard InChI is InChI=1S/C7H16N2/c1-2-9-5-3-4-7(8)6-9/h7H,2-6,8H2,1H3/p+2/t7-/m1/s1. The third-order valence-electron chi connectivity index (χ3n) is 2.22. The minimum atomic E-state index is 0.730. The maximum absolute atomic E-state index is 4.07. The van der Waals surface area contributed by atoms with Gasteiger partial charge in [0.15, 0.2) is 0 Å². The lowest BCUT2D eigenvalue weighted by Gasteiger charge is -2.24. The molecule has 0 spiro atoms. The lowest BCUT2D eigenvalue weighted by Crippen LogP contribution is -3.15. The van der Waals surface area contributed by atoms with E-state index in [0.29, 0.717) is 0 Å². The van der Waals surface area contributed by atoms with E-state index < -0.39 is 0 Å². The van der Waals surface area contributed by atoms with Crippen LogP contribution in [0.4, 0.5) is 0 Å². The Hall–Kier alpha value is -0.0800. The second-order valence-corrected chi connectivity index (χ2v) is 3.07. The van der Waals surface area contributed by atoms with E-state index in [1.165, 1.54) is 32.5 Å². The molecule has 0 saturated carbocycles. The largest absolute Gasteiger partial charge is 0.350 e. The molecule has 4 N–H and O–H groups in total. The summed E-state index contributed by atoms with van der Waals surface area (Å²) in [5.41, 5.74) is 4.07. The van der Waals surface area contributed by atoms with Crippen LogP contribution in [0.25, 0.3) is 0 Å². The maximum atomic E-state index is 4.07. The summed E-state index contributed by atoms with van der Waals surface area (Å²) in [6.07, 6.45) is 2.74. The van der Waals surface area contributed by atoms with E-state index in [0.717, 1.165) is 6.04 Å². The highest BCUT2D eigenvalue weighted by Gasteiger charge is 2.20. The van der Waals surface area contributed by atoms with Crippen molar-refractivity contribution in [2.75, 3.05) is 19.6 Å². The Morgan fingerprint density at radius 1 is 1.67 bits per heavy atom. The van der Waals surface area contributed by atoms with Gasteiger partial charge in [0.25, 0.3) is 0 Å². The molecule has 2 atom stereocenters. The van der Waals surface area contributed by atoms with Gasteiger partial charge in [0, 0.05) is 12.8 Å². The number of nitrogens with one attached hydrogen (secondary N) is 1. The molecule has 0 amide bonds. The lowest BCUT2D eigenvalue weighted by atomic mass is 10.1. The average molecular weight is 130 g/mol. The first-order valence-corrected chi connectivity index (χ1v) is 3.99. The van der Waals surface area contributed by atoms with Gasteiger partial charge in [-0.05, 0) is 6.92 Å². The first-order chi connectivity index (χ1) is 4.33. The summed E-state index contributed by atoms with van der Waals surface area (Å²) in [6.45, 7) is 6.22. The topological polar surface area (TPSA) is 32.1 Å². The van der Waals surface area contributed by atoms with Crippen molar-refractivity contribution in [1.82, 2.24) is 0 Å². The normalized spacial score (nSPS) is 36.7. The third-order valence-corrected chi connectivity index (χ3v) is 2.22. The Kier molecular flexibility index (Phi) is 2.49. The Labute approximate surface area is 57.0 Å². The third kappa shape index (κ3) is 1.95. The number of likely N-dealkylation sites (N-methyl/N-ethyl adjacent to an activating group) is 1. The van der Waals surface area contributed by atoms with E-state index in [-0.39, 0.29) is 0 Å². The van der Waals surface area contributed by atoms with E-state index in [9.17, 15) is 0 Å². The van der Waals surface area contributed by atoms with Crippen molar-refractivity contribution in [3.05, 3.63) is 0 Å². The number of hydrogen-bond acceptors (Lipinski definition) is 0. The molecule has 0 radical (unpaired) electrons. The minimum Gasteiger partial charge on any atom is -0.350 e. The van der Waals surface area contributed by atoms with E-state index in [1.807, 2.05) is 0 Å². The van der Waals surface area contributed by atoms with Gasteiger partial charge in [0.2, 0.25) is 0 Å². The molecule has 0 aromatic heterocycles. The SMILES string of the molecule is CC[NH+]1CCC[C@@H]([NH3+])C1. The zero-order chi connectivity index (χ0) is 6.69. The predicted octanol–water partition coefficient (Wildman–Crippen LogP) is -1.70. The quantitative estimate of drug-likeness (QED) is 0.424. The van der Waals surface area contributed by atoms with Crippen LogP contribution < -0.4 is 10.6 Å². The summed E-state index contributed by atoms with van der Waals surface area (Å²) in [5.74, 6) is 0. The fourth-order valence-corrected chi connectivity index (χ4v) is 1.57. The van der Waals surface area contributed by atoms with Gasteiger partial charge in [-0.1, -0.05) is 0 Å². The summed E-state index contributed by atoms with van der Waals surface area (Å²) >= 11 is 0. The summed E-state index contributed by atoms with van der Waals surface area (Å²) in [4.78, 5) is 1.74. The molecule has 54 valence electrons. The van der Waals surface area contributed by atoms with Crippen molar-refractivity contribution < 1.29 is 10.6 Å². The molecule has 9 heavy (non-hydrogen) atoms. The fourth-order valence-electron chi connectivity index (χ4n) is 1.57. The van der Waals surface area contributed by atoms with Gasteiger partial charge in [-0.2, -0.15) is 0 Å². The van der Waals surface area contributed by atoms with Crippen molar-refractivity contribution >= 4 is 0 Å². The fraction of sp³-hybridized carbons (Fsp3) is 1.00. The smallest absolute Gasteiger partial charge is 0.134 e. The first-order valence-electron chi connectivity index (χ1n) is 3.99. The van der Waals surface area contributed by atoms with Gasteiger partial charge in [0.05, 0.1) is 13.1 Å². The molecule has 1 aliphatic heterocycles. The van der Waals surface area contributed by atoms with Crippen LogP contribution in [0.5, 0.6) is 0 Å². The lowest BCUT2D eigenvalue weighted by molar-refractivity contribution is -0.913. The highest BCUT2D eigenvalue weighted by Crippen LogP contribution is 1.91. The van der Waals surface area contributed by atoms with E-state index in [2.05, 4.69) is 12.7 Å². The van der Waals surface area contributed by atoms with Gasteiger partial charge in [-0.3, -0.25) is 0 Å². The number of likely N-dealkylation sites (tertiary alicyclic amines) is 1. The highest BCUT2D eigenvalue weighted by atomic mass is 15.1. The van der Waals surface area contributed by atoms with Gasteiger partial charge >= 0.3 is 0 Å². The number of quaternary nitrogens is 2. The van der Waals surface area contributed by atoms with Gasteiger partial charge in [-0.25, -0.2) is 0 Å². The zero-order valence-electron chi connectivity index (χ0n) is 6.32. The molecule has 1 heterocycles. The van der Waals surface area contributed by atoms with Crippen molar-refractivity contribution in [3.8, 4) is 0 Å². The van der Waals surface area contributed by atoms with E-state index >= 15 is 0 Å². The van der Waals surface area contributed by atoms with Crippen LogP contribution in [-0.4, -0.2) is 25.7 Å². The van der Waals surface area contributed by atoms with Crippen molar-refractivity contribution in [2.24, 2.45) is 0 Å². The minimum absolute atomic E-state index is 0.730. The van der Waals surface area contributed by atoms with Crippen LogP contribution in [0.15, 0.2) is 0 Å². The van der Waals surface area contributed by atoms with Gasteiger partial charge in [-0.15, -0.1) is 0 Å². The number of rotatable bonds is 1. The molecule has 0 aromatic rings. The zero-order valence-corrected chi connectivity index (χ0v) is 6.32.